The van der Waals surface area contributed by atoms with Crippen molar-refractivity contribution in [3.63, 3.8) is 0 Å². The van der Waals surface area contributed by atoms with Crippen molar-refractivity contribution >= 4 is 21.9 Å². The second kappa shape index (κ2) is 6.57. The van der Waals surface area contributed by atoms with Crippen LogP contribution in [0.5, 0.6) is 0 Å². The molecular weight excluding hydrogens is 310 g/mol. The van der Waals surface area contributed by atoms with Gasteiger partial charge in [0.15, 0.2) is 4.67 Å². The van der Waals surface area contributed by atoms with Gasteiger partial charge >= 0.3 is 5.97 Å². The molecule has 0 unspecified atom stereocenters. The number of carbonyl (C=O) groups is 1. The van der Waals surface area contributed by atoms with Crippen molar-refractivity contribution in [3.8, 4) is 0 Å². The Morgan fingerprint density at radius 3 is 2.79 bits per heavy atom. The Morgan fingerprint density at radius 1 is 1.42 bits per heavy atom. The first-order valence-electron chi connectivity index (χ1n) is 6.67. The van der Waals surface area contributed by atoms with Crippen LogP contribution in [-0.4, -0.2) is 37.6 Å². The Labute approximate surface area is 122 Å². The Bertz CT molecular complexity index is 430. The number of hydrogen-bond acceptors (Lipinski definition) is 4. The molecule has 1 saturated carbocycles. The van der Waals surface area contributed by atoms with E-state index in [1.165, 1.54) is 6.42 Å². The minimum absolute atomic E-state index is 0.00697. The average Bonchev–Trinajstić information content (AvgIpc) is 2.78. The number of esters is 1. The third-order valence-electron chi connectivity index (χ3n) is 3.47. The van der Waals surface area contributed by atoms with E-state index in [0.29, 0.717) is 10.6 Å². The minimum Gasteiger partial charge on any atom is -0.456 e. The highest BCUT2D eigenvalue weighted by Crippen LogP contribution is 2.28. The lowest BCUT2D eigenvalue weighted by Crippen LogP contribution is -2.36. The summed E-state index contributed by atoms with van der Waals surface area (Å²) in [4.78, 5) is 14.2. The fourth-order valence-corrected chi connectivity index (χ4v) is 2.93. The topological polar surface area (TPSA) is 42.7 Å². The molecule has 1 aliphatic carbocycles. The molecule has 1 aliphatic rings. The number of nitrogens with zero attached hydrogens (tertiary/aromatic N) is 1. The van der Waals surface area contributed by atoms with Crippen molar-refractivity contribution in [1.29, 1.82) is 0 Å². The SMILES string of the molecule is CN(C)C[C@@H]1CCCC[C@H]1OC(=O)c1ccc(Br)o1. The summed E-state index contributed by atoms with van der Waals surface area (Å²) in [6.45, 7) is 0.958. The van der Waals surface area contributed by atoms with E-state index in [4.69, 9.17) is 9.15 Å². The summed E-state index contributed by atoms with van der Waals surface area (Å²) >= 11 is 3.19. The van der Waals surface area contributed by atoms with Crippen LogP contribution in [0.1, 0.15) is 36.2 Å². The van der Waals surface area contributed by atoms with E-state index in [1.54, 1.807) is 12.1 Å². The van der Waals surface area contributed by atoms with Crippen LogP contribution in [-0.2, 0) is 4.74 Å². The van der Waals surface area contributed by atoms with Crippen LogP contribution >= 0.6 is 15.9 Å². The van der Waals surface area contributed by atoms with E-state index in [0.717, 1.165) is 25.8 Å². The molecule has 0 saturated heterocycles. The number of ether oxygens (including phenoxy) is 1. The van der Waals surface area contributed by atoms with Crippen molar-refractivity contribution in [1.82, 2.24) is 4.90 Å². The summed E-state index contributed by atoms with van der Waals surface area (Å²) in [5.41, 5.74) is 0. The lowest BCUT2D eigenvalue weighted by molar-refractivity contribution is -0.00615. The summed E-state index contributed by atoms with van der Waals surface area (Å²) < 4.78 is 11.4. The van der Waals surface area contributed by atoms with Crippen LogP contribution in [0.15, 0.2) is 21.2 Å². The van der Waals surface area contributed by atoms with Crippen molar-refractivity contribution in [3.05, 3.63) is 22.6 Å². The normalized spacial score (nSPS) is 23.6. The van der Waals surface area contributed by atoms with E-state index < -0.39 is 0 Å². The number of halogens is 1. The van der Waals surface area contributed by atoms with Gasteiger partial charge in [0.1, 0.15) is 6.10 Å². The molecule has 19 heavy (non-hydrogen) atoms. The van der Waals surface area contributed by atoms with Gasteiger partial charge in [-0.15, -0.1) is 0 Å². The van der Waals surface area contributed by atoms with E-state index in [2.05, 4.69) is 34.9 Å². The molecule has 0 bridgehead atoms. The second-order valence-corrected chi connectivity index (χ2v) is 6.14. The average molecular weight is 330 g/mol. The standard InChI is InChI=1S/C14H20BrNO3/c1-16(2)9-10-5-3-4-6-11(10)19-14(17)12-7-8-13(15)18-12/h7-8,10-11H,3-6,9H2,1-2H3/t10-,11+/m0/s1. The molecule has 2 atom stereocenters. The van der Waals surface area contributed by atoms with Gasteiger partial charge in [0.05, 0.1) is 0 Å². The molecule has 106 valence electrons. The van der Waals surface area contributed by atoms with E-state index in [9.17, 15) is 4.79 Å². The van der Waals surface area contributed by atoms with Crippen LogP contribution in [0.25, 0.3) is 0 Å². The lowest BCUT2D eigenvalue weighted by atomic mass is 9.86. The Hall–Kier alpha value is -0.810. The van der Waals surface area contributed by atoms with Crippen molar-refractivity contribution < 1.29 is 13.9 Å². The highest BCUT2D eigenvalue weighted by Gasteiger charge is 2.29. The molecule has 0 spiro atoms. The molecule has 5 heteroatoms. The summed E-state index contributed by atoms with van der Waals surface area (Å²) in [5.74, 6) is 0.327. The van der Waals surface area contributed by atoms with Gasteiger partial charge in [-0.3, -0.25) is 0 Å². The summed E-state index contributed by atoms with van der Waals surface area (Å²) in [5, 5.41) is 0. The molecule has 1 aromatic rings. The minimum atomic E-state index is -0.360. The van der Waals surface area contributed by atoms with Gasteiger partial charge < -0.3 is 14.1 Å². The Morgan fingerprint density at radius 2 is 2.16 bits per heavy atom. The number of furan rings is 1. The molecular formula is C14H20BrNO3. The van der Waals surface area contributed by atoms with Gasteiger partial charge in [-0.25, -0.2) is 4.79 Å². The molecule has 2 rings (SSSR count). The first kappa shape index (κ1) is 14.6. The van der Waals surface area contributed by atoms with Crippen molar-refractivity contribution in [2.45, 2.75) is 31.8 Å². The van der Waals surface area contributed by atoms with Crippen molar-refractivity contribution in [2.75, 3.05) is 20.6 Å². The zero-order chi connectivity index (χ0) is 13.8. The third kappa shape index (κ3) is 4.08. The zero-order valence-corrected chi connectivity index (χ0v) is 13.0. The Balaban J connectivity index is 1.97. The zero-order valence-electron chi connectivity index (χ0n) is 11.4. The maximum absolute atomic E-state index is 12.0. The van der Waals surface area contributed by atoms with Crippen LogP contribution in [0.2, 0.25) is 0 Å². The first-order valence-corrected chi connectivity index (χ1v) is 7.46. The third-order valence-corrected chi connectivity index (χ3v) is 3.90. The highest BCUT2D eigenvalue weighted by atomic mass is 79.9. The lowest BCUT2D eigenvalue weighted by Gasteiger charge is -2.32. The predicted octanol–water partition coefficient (Wildman–Crippen LogP) is 3.32. The molecule has 0 aliphatic heterocycles. The largest absolute Gasteiger partial charge is 0.456 e. The van der Waals surface area contributed by atoms with Gasteiger partial charge in [0, 0.05) is 12.5 Å². The van der Waals surface area contributed by atoms with Gasteiger partial charge in [0.25, 0.3) is 0 Å². The molecule has 0 amide bonds. The molecule has 0 aromatic carbocycles. The van der Waals surface area contributed by atoms with Gasteiger partial charge in [-0.1, -0.05) is 6.42 Å². The first-order chi connectivity index (χ1) is 9.06. The summed E-state index contributed by atoms with van der Waals surface area (Å²) in [6.07, 6.45) is 4.43. The monoisotopic (exact) mass is 329 g/mol. The fraction of sp³-hybridized carbons (Fsp3) is 0.643. The molecule has 1 heterocycles. The molecule has 1 aromatic heterocycles. The number of carbonyl (C=O) groups excluding carboxylic acids is 1. The van der Waals surface area contributed by atoms with Gasteiger partial charge in [-0.05, 0) is 61.4 Å². The van der Waals surface area contributed by atoms with E-state index in [1.807, 2.05) is 0 Å². The fourth-order valence-electron chi connectivity index (χ4n) is 2.63. The summed E-state index contributed by atoms with van der Waals surface area (Å²) in [7, 11) is 4.11. The number of rotatable bonds is 4. The maximum Gasteiger partial charge on any atom is 0.374 e. The second-order valence-electron chi connectivity index (χ2n) is 5.35. The van der Waals surface area contributed by atoms with E-state index in [-0.39, 0.29) is 17.8 Å². The molecule has 0 N–H and O–H groups in total. The van der Waals surface area contributed by atoms with Crippen molar-refractivity contribution in [2.24, 2.45) is 5.92 Å². The van der Waals surface area contributed by atoms with Crippen LogP contribution in [0.3, 0.4) is 0 Å². The Kier molecular flexibility index (Phi) is 5.05. The van der Waals surface area contributed by atoms with Crippen LogP contribution < -0.4 is 0 Å². The molecule has 1 fully saturated rings. The quantitative estimate of drug-likeness (QED) is 0.795. The van der Waals surface area contributed by atoms with Crippen LogP contribution in [0, 0.1) is 5.92 Å². The van der Waals surface area contributed by atoms with Gasteiger partial charge in [0.2, 0.25) is 5.76 Å². The number of hydrogen-bond donors (Lipinski definition) is 0. The molecule has 0 radical (unpaired) electrons. The summed E-state index contributed by atoms with van der Waals surface area (Å²) in [6, 6.07) is 3.34. The molecule has 4 nitrogen and oxygen atoms in total. The highest BCUT2D eigenvalue weighted by molar-refractivity contribution is 9.10. The van der Waals surface area contributed by atoms with Crippen LogP contribution in [0.4, 0.5) is 0 Å². The maximum atomic E-state index is 12.0. The smallest absolute Gasteiger partial charge is 0.374 e. The van der Waals surface area contributed by atoms with Gasteiger partial charge in [-0.2, -0.15) is 0 Å². The van der Waals surface area contributed by atoms with E-state index >= 15 is 0 Å². The predicted molar refractivity (Wildman–Crippen MR) is 76.1 cm³/mol.